The van der Waals surface area contributed by atoms with Gasteiger partial charge in [-0.25, -0.2) is 9.37 Å². The van der Waals surface area contributed by atoms with Crippen LogP contribution in [0.5, 0.6) is 5.75 Å². The van der Waals surface area contributed by atoms with Crippen LogP contribution in [0.3, 0.4) is 0 Å². The Balaban J connectivity index is 1.26. The van der Waals surface area contributed by atoms with Crippen molar-refractivity contribution < 1.29 is 22.9 Å². The minimum Gasteiger partial charge on any atom is -0.497 e. The molecule has 174 valence electrons. The highest BCUT2D eigenvalue weighted by Gasteiger charge is 2.30. The molecule has 8 heteroatoms. The smallest absolute Gasteiger partial charge is 0.292 e. The third-order valence-corrected chi connectivity index (χ3v) is 6.01. The van der Waals surface area contributed by atoms with Gasteiger partial charge in [0.25, 0.3) is 5.91 Å². The van der Waals surface area contributed by atoms with Crippen molar-refractivity contribution >= 4 is 5.91 Å². The quantitative estimate of drug-likeness (QED) is 0.398. The molecule has 0 aliphatic carbocycles. The van der Waals surface area contributed by atoms with Crippen molar-refractivity contribution in [1.82, 2.24) is 15.0 Å². The number of rotatable bonds is 6. The van der Waals surface area contributed by atoms with Crippen molar-refractivity contribution in [1.29, 1.82) is 0 Å². The van der Waals surface area contributed by atoms with Crippen molar-refractivity contribution in [3.8, 4) is 17.0 Å². The molecular weight excluding hydrogens is 437 g/mol. The maximum atomic E-state index is 14.1. The van der Waals surface area contributed by atoms with Gasteiger partial charge in [0.1, 0.15) is 23.0 Å². The number of oxazole rings is 1. The molecule has 2 aromatic heterocycles. The van der Waals surface area contributed by atoms with E-state index in [2.05, 4.69) is 10.1 Å². The van der Waals surface area contributed by atoms with E-state index in [1.54, 1.807) is 36.4 Å². The summed E-state index contributed by atoms with van der Waals surface area (Å²) >= 11 is 0. The number of hydrogen-bond acceptors (Lipinski definition) is 6. The van der Waals surface area contributed by atoms with Crippen molar-refractivity contribution in [3.05, 3.63) is 89.6 Å². The van der Waals surface area contributed by atoms with Crippen LogP contribution in [0, 0.1) is 5.82 Å². The van der Waals surface area contributed by atoms with Gasteiger partial charge < -0.3 is 18.6 Å². The van der Waals surface area contributed by atoms with Crippen LogP contribution in [-0.4, -0.2) is 41.1 Å². The minimum atomic E-state index is -0.415. The summed E-state index contributed by atoms with van der Waals surface area (Å²) in [4.78, 5) is 19.2. The summed E-state index contributed by atoms with van der Waals surface area (Å²) in [5.41, 5.74) is 1.66. The lowest BCUT2D eigenvalue weighted by atomic mass is 9.97. The topological polar surface area (TPSA) is 81.6 Å². The lowest BCUT2D eigenvalue weighted by Gasteiger charge is -2.30. The fraction of sp³-hybridized carbons (Fsp3) is 0.269. The molecule has 34 heavy (non-hydrogen) atoms. The van der Waals surface area contributed by atoms with Crippen LogP contribution in [-0.2, 0) is 6.42 Å². The zero-order valence-corrected chi connectivity index (χ0v) is 18.7. The van der Waals surface area contributed by atoms with Gasteiger partial charge in [-0.2, -0.15) is 0 Å². The van der Waals surface area contributed by atoms with Gasteiger partial charge in [0.2, 0.25) is 5.76 Å². The second-order valence-electron chi connectivity index (χ2n) is 8.34. The van der Waals surface area contributed by atoms with Crippen LogP contribution in [0.4, 0.5) is 4.39 Å². The number of nitrogens with zero attached hydrogens (tertiary/aromatic N) is 3. The van der Waals surface area contributed by atoms with E-state index >= 15 is 0 Å². The number of hydrogen-bond donors (Lipinski definition) is 0. The Bertz CT molecular complexity index is 1300. The van der Waals surface area contributed by atoms with Crippen LogP contribution >= 0.6 is 0 Å². The summed E-state index contributed by atoms with van der Waals surface area (Å²) in [6.45, 7) is 1.07. The van der Waals surface area contributed by atoms with Gasteiger partial charge in [-0.3, -0.25) is 4.79 Å². The number of halogens is 1. The first-order valence-corrected chi connectivity index (χ1v) is 11.2. The van der Waals surface area contributed by atoms with E-state index < -0.39 is 5.82 Å². The van der Waals surface area contributed by atoms with Crippen molar-refractivity contribution in [2.24, 2.45) is 0 Å². The highest BCUT2D eigenvalue weighted by atomic mass is 19.1. The normalized spacial score (nSPS) is 15.9. The zero-order valence-electron chi connectivity index (χ0n) is 18.7. The number of ether oxygens (including phenoxy) is 1. The van der Waals surface area contributed by atoms with E-state index in [-0.39, 0.29) is 17.6 Å². The van der Waals surface area contributed by atoms with E-state index in [0.717, 1.165) is 29.9 Å². The lowest BCUT2D eigenvalue weighted by molar-refractivity contribution is 0.0656. The molecule has 0 N–H and O–H groups in total. The molecular formula is C26H24FN3O4. The molecule has 1 unspecified atom stereocenters. The highest BCUT2D eigenvalue weighted by molar-refractivity contribution is 5.92. The molecule has 1 aliphatic rings. The Morgan fingerprint density at radius 2 is 2.09 bits per heavy atom. The molecule has 1 amide bonds. The molecule has 7 nitrogen and oxygen atoms in total. The summed E-state index contributed by atoms with van der Waals surface area (Å²) < 4.78 is 30.6. The van der Waals surface area contributed by atoms with E-state index in [1.807, 2.05) is 24.3 Å². The Morgan fingerprint density at radius 1 is 1.21 bits per heavy atom. The second-order valence-corrected chi connectivity index (χ2v) is 8.34. The Morgan fingerprint density at radius 3 is 2.94 bits per heavy atom. The maximum absolute atomic E-state index is 14.1. The summed E-state index contributed by atoms with van der Waals surface area (Å²) in [5.74, 6) is 1.57. The molecule has 0 bridgehead atoms. The largest absolute Gasteiger partial charge is 0.497 e. The summed E-state index contributed by atoms with van der Waals surface area (Å²) in [6.07, 6.45) is 4.04. The average Bonchev–Trinajstić information content (AvgIpc) is 3.54. The molecule has 2 aromatic carbocycles. The molecule has 1 aliphatic heterocycles. The number of benzene rings is 2. The molecule has 1 atom stereocenters. The van der Waals surface area contributed by atoms with Crippen molar-refractivity contribution in [2.75, 3.05) is 20.2 Å². The first-order valence-electron chi connectivity index (χ1n) is 11.2. The predicted octanol–water partition coefficient (Wildman–Crippen LogP) is 5.09. The molecule has 0 radical (unpaired) electrons. The van der Waals surface area contributed by atoms with Gasteiger partial charge in [0.05, 0.1) is 19.2 Å². The molecule has 0 saturated carbocycles. The maximum Gasteiger partial charge on any atom is 0.292 e. The van der Waals surface area contributed by atoms with Crippen molar-refractivity contribution in [2.45, 2.75) is 25.2 Å². The summed E-state index contributed by atoms with van der Waals surface area (Å²) in [6, 6.07) is 15.6. The van der Waals surface area contributed by atoms with Gasteiger partial charge in [0, 0.05) is 31.1 Å². The van der Waals surface area contributed by atoms with Gasteiger partial charge >= 0.3 is 0 Å². The third-order valence-electron chi connectivity index (χ3n) is 6.01. The van der Waals surface area contributed by atoms with Crippen LogP contribution in [0.2, 0.25) is 0 Å². The molecule has 0 spiro atoms. The van der Waals surface area contributed by atoms with Crippen LogP contribution < -0.4 is 4.74 Å². The molecule has 1 saturated heterocycles. The van der Waals surface area contributed by atoms with E-state index in [0.29, 0.717) is 36.7 Å². The summed E-state index contributed by atoms with van der Waals surface area (Å²) in [5, 5.41) is 3.89. The number of carbonyl (C=O) groups is 1. The van der Waals surface area contributed by atoms with Crippen LogP contribution in [0.25, 0.3) is 11.3 Å². The van der Waals surface area contributed by atoms with Crippen LogP contribution in [0.1, 0.15) is 46.5 Å². The fourth-order valence-electron chi connectivity index (χ4n) is 4.27. The number of aromatic nitrogens is 2. The number of methoxy groups -OCH3 is 1. The van der Waals surface area contributed by atoms with E-state index in [1.165, 1.54) is 12.1 Å². The van der Waals surface area contributed by atoms with Crippen molar-refractivity contribution in [3.63, 3.8) is 0 Å². The first-order chi connectivity index (χ1) is 16.6. The molecule has 1 fully saturated rings. The Kier molecular flexibility index (Phi) is 6.12. The standard InChI is InChI=1S/C26H24FN3O4/c1-32-19-8-4-6-17(12-19)13-20-15-28-25(33-20)18-7-5-11-30(16-18)26(31)24-14-23(29-34-24)21-9-2-3-10-22(21)27/h2-4,6,8-10,12,14-15,18H,5,7,11,13,16H2,1H3. The SMILES string of the molecule is COc1cccc(Cc2cnc(C3CCCN(C(=O)c4cc(-c5ccccc5F)no4)C3)o2)c1. The zero-order chi connectivity index (χ0) is 23.5. The Labute approximate surface area is 196 Å². The Hall–Kier alpha value is -3.94. The third kappa shape index (κ3) is 4.57. The molecule has 4 aromatic rings. The van der Waals surface area contributed by atoms with E-state index in [9.17, 15) is 9.18 Å². The number of carbonyl (C=O) groups excluding carboxylic acids is 1. The van der Waals surface area contributed by atoms with Gasteiger partial charge in [-0.15, -0.1) is 0 Å². The van der Waals surface area contributed by atoms with Gasteiger partial charge in [-0.05, 0) is 42.7 Å². The molecule has 5 rings (SSSR count). The second kappa shape index (κ2) is 9.51. The van der Waals surface area contributed by atoms with Gasteiger partial charge in [-0.1, -0.05) is 29.4 Å². The highest BCUT2D eigenvalue weighted by Crippen LogP contribution is 2.29. The number of piperidine rings is 1. The minimum absolute atomic E-state index is 0.00859. The summed E-state index contributed by atoms with van der Waals surface area (Å²) in [7, 11) is 1.64. The monoisotopic (exact) mass is 461 g/mol. The average molecular weight is 461 g/mol. The lowest BCUT2D eigenvalue weighted by Crippen LogP contribution is -2.39. The van der Waals surface area contributed by atoms with Gasteiger partial charge in [0.15, 0.2) is 5.89 Å². The predicted molar refractivity (Wildman–Crippen MR) is 122 cm³/mol. The molecule has 3 heterocycles. The number of amides is 1. The fourth-order valence-corrected chi connectivity index (χ4v) is 4.27. The first kappa shape index (κ1) is 21.9. The number of likely N-dealkylation sites (tertiary alicyclic amines) is 1. The van der Waals surface area contributed by atoms with E-state index in [4.69, 9.17) is 13.7 Å². The van der Waals surface area contributed by atoms with Crippen LogP contribution in [0.15, 0.2) is 69.7 Å².